The number of aromatic nitrogens is 1. The molecule has 1 amide bonds. The van der Waals surface area contributed by atoms with Gasteiger partial charge in [-0.1, -0.05) is 36.4 Å². The van der Waals surface area contributed by atoms with Crippen LogP contribution >= 0.6 is 0 Å². The molecule has 2 atom stereocenters. The molecular weight excluding hydrogens is 446 g/mol. The molecule has 4 rings (SSSR count). The van der Waals surface area contributed by atoms with E-state index < -0.39 is 23.8 Å². The number of fused-ring (bicyclic) bond motifs is 1. The third kappa shape index (κ3) is 6.80. The lowest BCUT2D eigenvalue weighted by molar-refractivity contribution is -0.143. The first-order valence-corrected chi connectivity index (χ1v) is 12.6. The van der Waals surface area contributed by atoms with E-state index in [-0.39, 0.29) is 25.7 Å². The predicted octanol–water partition coefficient (Wildman–Crippen LogP) is 2.90. The van der Waals surface area contributed by atoms with Gasteiger partial charge >= 0.3 is 5.97 Å². The molecule has 1 aromatic carbocycles. The zero-order valence-corrected chi connectivity index (χ0v) is 20.0. The number of nitrogens with zero attached hydrogens (tertiary/aromatic N) is 1. The summed E-state index contributed by atoms with van der Waals surface area (Å²) < 4.78 is 5.88. The van der Waals surface area contributed by atoms with Gasteiger partial charge in [0.25, 0.3) is 0 Å². The van der Waals surface area contributed by atoms with Gasteiger partial charge < -0.3 is 25.6 Å². The van der Waals surface area contributed by atoms with Gasteiger partial charge in [0.15, 0.2) is 0 Å². The quantitative estimate of drug-likeness (QED) is 0.368. The number of rotatable bonds is 12. The van der Waals surface area contributed by atoms with Crippen LogP contribution in [0.25, 0.3) is 0 Å². The molecule has 0 saturated heterocycles. The highest BCUT2D eigenvalue weighted by molar-refractivity contribution is 5.88. The van der Waals surface area contributed by atoms with Crippen LogP contribution in [0.2, 0.25) is 0 Å². The van der Waals surface area contributed by atoms with Crippen LogP contribution in [0.4, 0.5) is 5.82 Å². The van der Waals surface area contributed by atoms with Crippen LogP contribution in [-0.4, -0.2) is 59.0 Å². The minimum Gasteiger partial charge on any atom is -0.480 e. The zero-order chi connectivity index (χ0) is 24.6. The molecule has 188 valence electrons. The number of aliphatic carboxylic acids is 1. The molecule has 2 heterocycles. The molecule has 0 bridgehead atoms. The Hall–Kier alpha value is -2.97. The number of anilines is 1. The summed E-state index contributed by atoms with van der Waals surface area (Å²) in [4.78, 5) is 29.0. The van der Waals surface area contributed by atoms with Gasteiger partial charge in [0, 0.05) is 25.3 Å². The number of hydrogen-bond donors (Lipinski definition) is 4. The number of ether oxygens (including phenoxy) is 1. The van der Waals surface area contributed by atoms with Crippen molar-refractivity contribution in [1.29, 1.82) is 0 Å². The maximum absolute atomic E-state index is 12.6. The molecule has 35 heavy (non-hydrogen) atoms. The maximum atomic E-state index is 12.6. The normalized spacial score (nSPS) is 20.6. The summed E-state index contributed by atoms with van der Waals surface area (Å²) in [5.74, 6) is -0.771. The Morgan fingerprint density at radius 2 is 1.97 bits per heavy atom. The summed E-state index contributed by atoms with van der Waals surface area (Å²) in [5, 5.41) is 25.1. The van der Waals surface area contributed by atoms with E-state index >= 15 is 0 Å². The van der Waals surface area contributed by atoms with Crippen molar-refractivity contribution >= 4 is 17.7 Å². The third-order valence-corrected chi connectivity index (χ3v) is 7.03. The van der Waals surface area contributed by atoms with Gasteiger partial charge in [-0.3, -0.25) is 4.79 Å². The number of aryl methyl sites for hydroxylation is 2. The average molecular weight is 482 g/mol. The fourth-order valence-corrected chi connectivity index (χ4v) is 4.81. The number of aliphatic hydroxyl groups excluding tert-OH is 1. The van der Waals surface area contributed by atoms with E-state index in [2.05, 4.69) is 22.8 Å². The van der Waals surface area contributed by atoms with Gasteiger partial charge in [-0.25, -0.2) is 9.78 Å². The number of aliphatic hydroxyl groups is 1. The van der Waals surface area contributed by atoms with E-state index in [1.807, 2.05) is 6.07 Å². The number of hydrogen-bond acceptors (Lipinski definition) is 6. The van der Waals surface area contributed by atoms with Crippen molar-refractivity contribution in [3.05, 3.63) is 59.3 Å². The second kappa shape index (κ2) is 12.1. The number of carbonyl (C=O) groups is 2. The maximum Gasteiger partial charge on any atom is 0.326 e. The fourth-order valence-electron chi connectivity index (χ4n) is 4.81. The Balaban J connectivity index is 1.15. The Morgan fingerprint density at radius 1 is 1.17 bits per heavy atom. The van der Waals surface area contributed by atoms with Gasteiger partial charge in [0.2, 0.25) is 5.91 Å². The van der Waals surface area contributed by atoms with Crippen LogP contribution in [0.15, 0.2) is 42.5 Å². The molecule has 1 aliphatic carbocycles. The summed E-state index contributed by atoms with van der Waals surface area (Å²) in [6.45, 7) is 0.869. The fraction of sp³-hybridized carbons (Fsp3) is 0.519. The van der Waals surface area contributed by atoms with Crippen LogP contribution in [-0.2, 0) is 27.2 Å². The second-order valence-electron chi connectivity index (χ2n) is 9.54. The van der Waals surface area contributed by atoms with Crippen molar-refractivity contribution in [2.75, 3.05) is 25.1 Å². The van der Waals surface area contributed by atoms with E-state index in [1.165, 1.54) is 5.56 Å². The highest BCUT2D eigenvalue weighted by Gasteiger charge is 2.31. The van der Waals surface area contributed by atoms with E-state index in [1.54, 1.807) is 24.3 Å². The molecule has 8 nitrogen and oxygen atoms in total. The molecule has 4 N–H and O–H groups in total. The van der Waals surface area contributed by atoms with Gasteiger partial charge in [-0.15, -0.1) is 0 Å². The largest absolute Gasteiger partial charge is 0.480 e. The lowest BCUT2D eigenvalue weighted by atomic mass is 9.79. The molecule has 8 heteroatoms. The van der Waals surface area contributed by atoms with Gasteiger partial charge in [0.1, 0.15) is 11.9 Å². The topological polar surface area (TPSA) is 121 Å². The monoisotopic (exact) mass is 481 g/mol. The SMILES string of the molecule is O=C(N[C@@H](CCOC1CC(CCc2ccc3c(n2)NCCC3)C1)C(=O)O)C(CO)c1ccccc1. The van der Waals surface area contributed by atoms with E-state index in [0.29, 0.717) is 11.5 Å². The summed E-state index contributed by atoms with van der Waals surface area (Å²) in [7, 11) is 0. The first-order chi connectivity index (χ1) is 17.0. The zero-order valence-electron chi connectivity index (χ0n) is 20.0. The molecule has 1 saturated carbocycles. The molecule has 0 radical (unpaired) electrons. The highest BCUT2D eigenvalue weighted by Crippen LogP contribution is 2.34. The van der Waals surface area contributed by atoms with Crippen molar-refractivity contribution in [3.8, 4) is 0 Å². The van der Waals surface area contributed by atoms with Gasteiger partial charge in [0.05, 0.1) is 18.6 Å². The van der Waals surface area contributed by atoms with E-state index in [9.17, 15) is 19.8 Å². The van der Waals surface area contributed by atoms with Crippen LogP contribution in [0.5, 0.6) is 0 Å². The highest BCUT2D eigenvalue weighted by atomic mass is 16.5. The number of amides is 1. The minimum atomic E-state index is -1.11. The smallest absolute Gasteiger partial charge is 0.326 e. The van der Waals surface area contributed by atoms with Crippen LogP contribution < -0.4 is 10.6 Å². The second-order valence-corrected chi connectivity index (χ2v) is 9.54. The first-order valence-electron chi connectivity index (χ1n) is 12.6. The molecular formula is C27H35N3O5. The summed E-state index contributed by atoms with van der Waals surface area (Å²) >= 11 is 0. The lowest BCUT2D eigenvalue weighted by Gasteiger charge is -2.35. The Labute approximate surface area is 206 Å². The Morgan fingerprint density at radius 3 is 2.71 bits per heavy atom. The van der Waals surface area contributed by atoms with Crippen molar-refractivity contribution in [3.63, 3.8) is 0 Å². The summed E-state index contributed by atoms with van der Waals surface area (Å²) in [6.07, 6.45) is 6.53. The number of pyridine rings is 1. The van der Waals surface area contributed by atoms with E-state index in [4.69, 9.17) is 9.72 Å². The standard InChI is InChI=1S/C27H35N3O5/c31-17-23(19-5-2-1-3-6-19)26(32)30-24(27(33)34)12-14-35-22-15-18(16-22)8-10-21-11-9-20-7-4-13-28-25(20)29-21/h1-3,5-6,9,11,18,22-24,31H,4,7-8,10,12-17H2,(H,28,29)(H,30,32)(H,33,34)/t18?,22?,23?,24-/m0/s1. The molecule has 1 unspecified atom stereocenters. The molecule has 1 aliphatic heterocycles. The summed E-state index contributed by atoms with van der Waals surface area (Å²) in [6, 6.07) is 12.1. The van der Waals surface area contributed by atoms with E-state index in [0.717, 1.165) is 56.6 Å². The minimum absolute atomic E-state index is 0.137. The van der Waals surface area contributed by atoms with Crippen LogP contribution in [0.3, 0.4) is 0 Å². The Bertz CT molecular complexity index is 994. The first kappa shape index (κ1) is 25.1. The summed E-state index contributed by atoms with van der Waals surface area (Å²) in [5.41, 5.74) is 3.08. The van der Waals surface area contributed by atoms with Gasteiger partial charge in [-0.2, -0.15) is 0 Å². The van der Waals surface area contributed by atoms with Gasteiger partial charge in [-0.05, 0) is 61.6 Å². The van der Waals surface area contributed by atoms with Crippen molar-refractivity contribution in [2.24, 2.45) is 5.92 Å². The number of benzene rings is 1. The number of carboxylic acid groups (broad SMARTS) is 1. The van der Waals surface area contributed by atoms with Crippen LogP contribution in [0.1, 0.15) is 54.8 Å². The third-order valence-electron chi connectivity index (χ3n) is 7.03. The molecule has 2 aliphatic rings. The van der Waals surface area contributed by atoms with Crippen LogP contribution in [0, 0.1) is 5.92 Å². The number of nitrogens with one attached hydrogen (secondary N) is 2. The molecule has 1 aromatic heterocycles. The molecule has 1 fully saturated rings. The van der Waals surface area contributed by atoms with Crippen molar-refractivity contribution in [1.82, 2.24) is 10.3 Å². The molecule has 0 spiro atoms. The number of carboxylic acids is 1. The molecule has 2 aromatic rings. The number of carbonyl (C=O) groups excluding carboxylic acids is 1. The van der Waals surface area contributed by atoms with Crippen molar-refractivity contribution in [2.45, 2.75) is 63.0 Å². The Kier molecular flexibility index (Phi) is 8.71. The average Bonchev–Trinajstić information content (AvgIpc) is 2.85. The van der Waals surface area contributed by atoms with Crippen molar-refractivity contribution < 1.29 is 24.5 Å². The predicted molar refractivity (Wildman–Crippen MR) is 132 cm³/mol. The lowest BCUT2D eigenvalue weighted by Crippen LogP contribution is -2.44.